The van der Waals surface area contributed by atoms with Crippen LogP contribution < -0.4 is 5.32 Å². The topological polar surface area (TPSA) is 113 Å². The van der Waals surface area contributed by atoms with Crippen molar-refractivity contribution in [3.63, 3.8) is 0 Å². The van der Waals surface area contributed by atoms with E-state index >= 15 is 0 Å². The second-order valence-corrected chi connectivity index (χ2v) is 3.00. The fraction of sp³-hybridized carbons (Fsp3) is 0.667. The van der Waals surface area contributed by atoms with Crippen molar-refractivity contribution in [2.24, 2.45) is 0 Å². The fourth-order valence-electron chi connectivity index (χ4n) is 0.950. The lowest BCUT2D eigenvalue weighted by atomic mass is 10.2. The molecule has 0 heterocycles. The lowest BCUT2D eigenvalue weighted by Crippen LogP contribution is -2.42. The average Bonchev–Trinajstić information content (AvgIpc) is 2.16. The third-order valence-corrected chi connectivity index (χ3v) is 1.69. The van der Waals surface area contributed by atoms with Gasteiger partial charge >= 0.3 is 11.9 Å². The summed E-state index contributed by atoms with van der Waals surface area (Å²) in [5.74, 6) is -3.19. The Hall–Kier alpha value is -1.63. The molecule has 0 rings (SSSR count). The molecule has 0 aliphatic carbocycles. The van der Waals surface area contributed by atoms with Gasteiger partial charge in [0.2, 0.25) is 5.91 Å². The van der Waals surface area contributed by atoms with E-state index in [-0.39, 0.29) is 13.0 Å². The van der Waals surface area contributed by atoms with Crippen molar-refractivity contribution in [2.75, 3.05) is 13.2 Å². The molecular weight excluding hydrogens is 218 g/mol. The van der Waals surface area contributed by atoms with Gasteiger partial charge in [0.15, 0.2) is 0 Å². The SMILES string of the molecule is CCOCCC(=O)N[C@H](CC(=O)O)C(=O)O. The Bertz CT molecular complexity index is 265. The van der Waals surface area contributed by atoms with E-state index in [1.165, 1.54) is 0 Å². The van der Waals surface area contributed by atoms with Gasteiger partial charge in [0.1, 0.15) is 6.04 Å². The van der Waals surface area contributed by atoms with Crippen LogP contribution in [-0.4, -0.2) is 47.3 Å². The van der Waals surface area contributed by atoms with Gasteiger partial charge in [-0.25, -0.2) is 4.79 Å². The number of ether oxygens (including phenoxy) is 1. The van der Waals surface area contributed by atoms with Gasteiger partial charge in [0.05, 0.1) is 13.0 Å². The van der Waals surface area contributed by atoms with Crippen LogP contribution in [0.2, 0.25) is 0 Å². The van der Waals surface area contributed by atoms with Gasteiger partial charge in [0, 0.05) is 13.0 Å². The van der Waals surface area contributed by atoms with Crippen LogP contribution in [0.15, 0.2) is 0 Å². The molecule has 0 aromatic rings. The van der Waals surface area contributed by atoms with Crippen LogP contribution in [0.5, 0.6) is 0 Å². The van der Waals surface area contributed by atoms with E-state index in [9.17, 15) is 14.4 Å². The van der Waals surface area contributed by atoms with Gasteiger partial charge in [-0.3, -0.25) is 9.59 Å². The number of carboxylic acids is 2. The molecule has 0 aliphatic heterocycles. The zero-order valence-electron chi connectivity index (χ0n) is 8.93. The maximum atomic E-state index is 11.2. The highest BCUT2D eigenvalue weighted by Crippen LogP contribution is 1.94. The molecular formula is C9H15NO6. The number of carbonyl (C=O) groups is 3. The minimum absolute atomic E-state index is 0.0111. The summed E-state index contributed by atoms with van der Waals surface area (Å²) in [7, 11) is 0. The van der Waals surface area contributed by atoms with Crippen LogP contribution in [0.1, 0.15) is 19.8 Å². The quantitative estimate of drug-likeness (QED) is 0.485. The number of amides is 1. The number of carboxylic acid groups (broad SMARTS) is 2. The minimum Gasteiger partial charge on any atom is -0.481 e. The van der Waals surface area contributed by atoms with E-state index in [4.69, 9.17) is 14.9 Å². The maximum Gasteiger partial charge on any atom is 0.326 e. The molecule has 0 bridgehead atoms. The zero-order valence-corrected chi connectivity index (χ0v) is 8.93. The minimum atomic E-state index is -1.40. The first-order valence-electron chi connectivity index (χ1n) is 4.79. The highest BCUT2D eigenvalue weighted by atomic mass is 16.5. The van der Waals surface area contributed by atoms with Crippen molar-refractivity contribution in [1.29, 1.82) is 0 Å². The average molecular weight is 233 g/mol. The van der Waals surface area contributed by atoms with Gasteiger partial charge in [-0.05, 0) is 6.92 Å². The lowest BCUT2D eigenvalue weighted by molar-refractivity contribution is -0.147. The van der Waals surface area contributed by atoms with E-state index in [1.54, 1.807) is 6.92 Å². The van der Waals surface area contributed by atoms with Crippen molar-refractivity contribution in [2.45, 2.75) is 25.8 Å². The van der Waals surface area contributed by atoms with Crippen LogP contribution >= 0.6 is 0 Å². The highest BCUT2D eigenvalue weighted by molar-refractivity contribution is 5.86. The summed E-state index contributed by atoms with van der Waals surface area (Å²) in [6.07, 6.45) is -0.632. The van der Waals surface area contributed by atoms with Gasteiger partial charge in [-0.1, -0.05) is 0 Å². The summed E-state index contributed by atoms with van der Waals surface area (Å²) >= 11 is 0. The predicted molar refractivity (Wildman–Crippen MR) is 52.9 cm³/mol. The summed E-state index contributed by atoms with van der Waals surface area (Å²) in [5.41, 5.74) is 0. The number of rotatable bonds is 8. The molecule has 0 spiro atoms. The molecule has 0 aromatic carbocycles. The van der Waals surface area contributed by atoms with E-state index in [2.05, 4.69) is 5.32 Å². The molecule has 16 heavy (non-hydrogen) atoms. The largest absolute Gasteiger partial charge is 0.481 e. The Morgan fingerprint density at radius 3 is 2.38 bits per heavy atom. The number of aliphatic carboxylic acids is 2. The van der Waals surface area contributed by atoms with Gasteiger partial charge < -0.3 is 20.3 Å². The molecule has 7 heteroatoms. The molecule has 0 radical (unpaired) electrons. The molecule has 0 saturated heterocycles. The molecule has 0 saturated carbocycles. The normalized spacial score (nSPS) is 11.8. The first kappa shape index (κ1) is 14.4. The van der Waals surface area contributed by atoms with Gasteiger partial charge in [-0.15, -0.1) is 0 Å². The zero-order chi connectivity index (χ0) is 12.6. The summed E-state index contributed by atoms with van der Waals surface area (Å²) < 4.78 is 4.90. The predicted octanol–water partition coefficient (Wildman–Crippen LogP) is -0.543. The second-order valence-electron chi connectivity index (χ2n) is 3.00. The molecule has 0 unspecified atom stereocenters. The third kappa shape index (κ3) is 6.77. The van der Waals surface area contributed by atoms with Crippen molar-refractivity contribution in [3.8, 4) is 0 Å². The Kier molecular flexibility index (Phi) is 6.86. The molecule has 3 N–H and O–H groups in total. The van der Waals surface area contributed by atoms with Gasteiger partial charge in [-0.2, -0.15) is 0 Å². The molecule has 1 atom stereocenters. The Morgan fingerprint density at radius 1 is 1.31 bits per heavy atom. The van der Waals surface area contributed by atoms with Crippen molar-refractivity contribution < 1.29 is 29.3 Å². The lowest BCUT2D eigenvalue weighted by Gasteiger charge is -2.12. The van der Waals surface area contributed by atoms with Crippen molar-refractivity contribution >= 4 is 17.8 Å². The van der Waals surface area contributed by atoms with E-state index in [0.29, 0.717) is 6.61 Å². The van der Waals surface area contributed by atoms with E-state index in [1.807, 2.05) is 0 Å². The van der Waals surface area contributed by atoms with E-state index in [0.717, 1.165) is 0 Å². The second kappa shape index (κ2) is 7.63. The summed E-state index contributed by atoms with van der Waals surface area (Å²) in [6, 6.07) is -1.40. The summed E-state index contributed by atoms with van der Waals surface area (Å²) in [5, 5.41) is 19.2. The first-order valence-corrected chi connectivity index (χ1v) is 4.79. The standard InChI is InChI=1S/C9H15NO6/c1-2-16-4-3-7(11)10-6(9(14)15)5-8(12)13/h6H,2-5H2,1H3,(H,10,11)(H,12,13)(H,14,15)/t6-/m1/s1. The number of hydrogen-bond acceptors (Lipinski definition) is 4. The molecule has 92 valence electrons. The van der Waals surface area contributed by atoms with E-state index < -0.39 is 30.3 Å². The number of carbonyl (C=O) groups excluding carboxylic acids is 1. The third-order valence-electron chi connectivity index (χ3n) is 1.69. The Labute approximate surface area is 92.4 Å². The maximum absolute atomic E-state index is 11.2. The molecule has 1 amide bonds. The van der Waals surface area contributed by atoms with Crippen molar-refractivity contribution in [3.05, 3.63) is 0 Å². The fourth-order valence-corrected chi connectivity index (χ4v) is 0.950. The van der Waals surface area contributed by atoms with Crippen LogP contribution in [0, 0.1) is 0 Å². The first-order chi connectivity index (χ1) is 7.47. The van der Waals surface area contributed by atoms with Crippen LogP contribution in [0.3, 0.4) is 0 Å². The number of hydrogen-bond donors (Lipinski definition) is 3. The Balaban J connectivity index is 4.03. The molecule has 7 nitrogen and oxygen atoms in total. The van der Waals surface area contributed by atoms with Crippen LogP contribution in [0.25, 0.3) is 0 Å². The number of nitrogens with one attached hydrogen (secondary N) is 1. The smallest absolute Gasteiger partial charge is 0.326 e. The monoisotopic (exact) mass is 233 g/mol. The molecule has 0 fully saturated rings. The Morgan fingerprint density at radius 2 is 1.94 bits per heavy atom. The van der Waals surface area contributed by atoms with Crippen molar-refractivity contribution in [1.82, 2.24) is 5.32 Å². The molecule has 0 aliphatic rings. The summed E-state index contributed by atoms with van der Waals surface area (Å²) in [4.78, 5) is 32.1. The summed E-state index contributed by atoms with van der Waals surface area (Å²) in [6.45, 7) is 2.41. The van der Waals surface area contributed by atoms with Gasteiger partial charge in [0.25, 0.3) is 0 Å². The van der Waals surface area contributed by atoms with Crippen LogP contribution in [-0.2, 0) is 19.1 Å². The van der Waals surface area contributed by atoms with Crippen LogP contribution in [0.4, 0.5) is 0 Å². The molecule has 0 aromatic heterocycles. The highest BCUT2D eigenvalue weighted by Gasteiger charge is 2.22.